The van der Waals surface area contributed by atoms with E-state index >= 15 is 0 Å². The Bertz CT molecular complexity index is 1180. The van der Waals surface area contributed by atoms with Crippen molar-refractivity contribution in [1.29, 1.82) is 0 Å². The van der Waals surface area contributed by atoms with Gasteiger partial charge in [0.1, 0.15) is 0 Å². The van der Waals surface area contributed by atoms with Gasteiger partial charge in [0.05, 0.1) is 0 Å². The fourth-order valence-corrected chi connectivity index (χ4v) is 4.02. The van der Waals surface area contributed by atoms with Gasteiger partial charge in [-0.05, 0) is 54.8 Å². The Morgan fingerprint density at radius 1 is 1.00 bits per heavy atom. The quantitative estimate of drug-likeness (QED) is 0.538. The Morgan fingerprint density at radius 3 is 2.24 bits per heavy atom. The molecule has 1 fully saturated rings. The van der Waals surface area contributed by atoms with Crippen molar-refractivity contribution < 1.29 is 14.3 Å². The number of hydrogen-bond acceptors (Lipinski definition) is 2. The number of hydrazine groups is 1. The molecule has 4 rings (SSSR count). The van der Waals surface area contributed by atoms with Crippen LogP contribution in [0, 0.1) is 6.92 Å². The molecule has 6 heteroatoms. The summed E-state index contributed by atoms with van der Waals surface area (Å²) >= 11 is 5.94. The van der Waals surface area contributed by atoms with E-state index < -0.39 is 12.1 Å². The Labute approximate surface area is 199 Å². The van der Waals surface area contributed by atoms with Crippen molar-refractivity contribution in [3.63, 3.8) is 0 Å². The summed E-state index contributed by atoms with van der Waals surface area (Å²) in [5.74, 6) is -0.150. The molecule has 1 aliphatic heterocycles. The van der Waals surface area contributed by atoms with Crippen LogP contribution in [0.15, 0.2) is 72.8 Å². The van der Waals surface area contributed by atoms with Crippen LogP contribution in [-0.2, 0) is 4.79 Å². The molecule has 0 aliphatic carbocycles. The molecule has 2 amide bonds. The van der Waals surface area contributed by atoms with Gasteiger partial charge in [-0.1, -0.05) is 67.4 Å². The van der Waals surface area contributed by atoms with Gasteiger partial charge in [0.25, 0.3) is 5.91 Å². The number of aryl methyl sites for hydroxylation is 1. The van der Waals surface area contributed by atoms with Crippen LogP contribution in [0.5, 0.6) is 0 Å². The van der Waals surface area contributed by atoms with Crippen molar-refractivity contribution in [3.05, 3.63) is 106 Å². The van der Waals surface area contributed by atoms with E-state index in [4.69, 9.17) is 11.6 Å². The minimum absolute atomic E-state index is 0.266. The lowest BCUT2D eigenvalue weighted by Crippen LogP contribution is -2.42. The average molecular weight is 461 g/mol. The maximum Gasteiger partial charge on any atom is 0.304 e. The molecule has 1 aliphatic rings. The number of carbonyl (C=O) groups excluding carboxylic acids is 2. The molecular weight excluding hydrogens is 434 g/mol. The molecule has 3 aromatic carbocycles. The molecule has 0 unspecified atom stereocenters. The van der Waals surface area contributed by atoms with Gasteiger partial charge in [0.2, 0.25) is 12.3 Å². The average Bonchev–Trinajstić information content (AvgIpc) is 3.09. The van der Waals surface area contributed by atoms with Crippen LogP contribution in [0.3, 0.4) is 0 Å². The van der Waals surface area contributed by atoms with Crippen LogP contribution in [0.25, 0.3) is 0 Å². The number of nitrogens with one attached hydrogen (secondary N) is 2. The highest BCUT2D eigenvalue weighted by Crippen LogP contribution is 2.26. The summed E-state index contributed by atoms with van der Waals surface area (Å²) in [7, 11) is 0. The summed E-state index contributed by atoms with van der Waals surface area (Å²) in [4.78, 5) is 25.9. The third-order valence-electron chi connectivity index (χ3n) is 5.84. The fraction of sp³-hybridized carbons (Fsp3) is 0.222. The molecule has 3 aromatic rings. The molecule has 0 aromatic heterocycles. The number of benzene rings is 3. The SMILES string of the molecule is Cc1ccc([C@H]2[C@H](NC(=O)c3ccc(Cl)cc3)C(=O)N/[N+]2=C\c2ccc(C(C)C)cc2)cc1. The van der Waals surface area contributed by atoms with E-state index in [1.54, 1.807) is 28.9 Å². The molecule has 1 saturated heterocycles. The van der Waals surface area contributed by atoms with E-state index in [1.807, 2.05) is 49.5 Å². The maximum atomic E-state index is 13.0. The third-order valence-corrected chi connectivity index (χ3v) is 6.09. The zero-order chi connectivity index (χ0) is 23.5. The minimum Gasteiger partial charge on any atom is -0.334 e. The topological polar surface area (TPSA) is 61.2 Å². The first-order chi connectivity index (χ1) is 15.8. The fourth-order valence-electron chi connectivity index (χ4n) is 3.90. The van der Waals surface area contributed by atoms with Crippen LogP contribution >= 0.6 is 11.6 Å². The standard InChI is InChI=1S/C27H26ClN3O2/c1-17(2)20-10-6-19(7-11-20)16-31-25(21-8-4-18(3)5-9-21)24(27(33)30-31)29-26(32)22-12-14-23(28)15-13-22/h4-17,24-25H,1-3H3,(H-,29,30,32,33)/p+1/b31-16-/t24-,25-/m0/s1. The molecule has 0 spiro atoms. The van der Waals surface area contributed by atoms with E-state index in [0.717, 1.165) is 16.7 Å². The first-order valence-corrected chi connectivity index (χ1v) is 11.4. The van der Waals surface area contributed by atoms with Gasteiger partial charge >= 0.3 is 5.91 Å². The van der Waals surface area contributed by atoms with Crippen molar-refractivity contribution in [3.8, 4) is 0 Å². The molecule has 1 heterocycles. The first kappa shape index (κ1) is 22.7. The summed E-state index contributed by atoms with van der Waals surface area (Å²) in [6.45, 7) is 6.32. The van der Waals surface area contributed by atoms with Crippen molar-refractivity contribution in [2.75, 3.05) is 0 Å². The molecule has 2 N–H and O–H groups in total. The van der Waals surface area contributed by atoms with E-state index in [0.29, 0.717) is 16.5 Å². The maximum absolute atomic E-state index is 13.0. The minimum atomic E-state index is -0.762. The van der Waals surface area contributed by atoms with Gasteiger partial charge in [-0.25, -0.2) is 0 Å². The highest BCUT2D eigenvalue weighted by Gasteiger charge is 2.47. The predicted molar refractivity (Wildman–Crippen MR) is 131 cm³/mol. The van der Waals surface area contributed by atoms with Crippen molar-refractivity contribution >= 4 is 29.6 Å². The molecule has 168 valence electrons. The van der Waals surface area contributed by atoms with E-state index in [2.05, 4.69) is 36.7 Å². The van der Waals surface area contributed by atoms with Gasteiger partial charge in [0, 0.05) is 21.7 Å². The predicted octanol–water partition coefficient (Wildman–Crippen LogP) is 4.79. The number of amides is 2. The summed E-state index contributed by atoms with van der Waals surface area (Å²) < 4.78 is 1.78. The zero-order valence-electron chi connectivity index (χ0n) is 18.9. The summed E-state index contributed by atoms with van der Waals surface area (Å²) in [5.41, 5.74) is 7.63. The molecule has 0 saturated carbocycles. The van der Waals surface area contributed by atoms with Gasteiger partial charge in [-0.2, -0.15) is 0 Å². The number of hydrazone groups is 1. The van der Waals surface area contributed by atoms with Crippen LogP contribution < -0.4 is 10.7 Å². The third kappa shape index (κ3) is 5.15. The van der Waals surface area contributed by atoms with Crippen LogP contribution in [-0.4, -0.2) is 28.8 Å². The smallest absolute Gasteiger partial charge is 0.304 e. The Balaban J connectivity index is 1.68. The van der Waals surface area contributed by atoms with Gasteiger partial charge in [-0.3, -0.25) is 9.59 Å². The monoisotopic (exact) mass is 460 g/mol. The number of nitrogens with zero attached hydrogens (tertiary/aromatic N) is 1. The van der Waals surface area contributed by atoms with Gasteiger partial charge in [0.15, 0.2) is 6.04 Å². The van der Waals surface area contributed by atoms with Crippen LogP contribution in [0.2, 0.25) is 5.02 Å². The lowest BCUT2D eigenvalue weighted by atomic mass is 9.98. The van der Waals surface area contributed by atoms with Crippen LogP contribution in [0.4, 0.5) is 0 Å². The highest BCUT2D eigenvalue weighted by atomic mass is 35.5. The van der Waals surface area contributed by atoms with E-state index in [9.17, 15) is 9.59 Å². The normalized spacial score (nSPS) is 19.1. The second-order valence-corrected chi connectivity index (χ2v) is 9.08. The van der Waals surface area contributed by atoms with Crippen molar-refractivity contribution in [2.45, 2.75) is 38.8 Å². The number of halogens is 1. The van der Waals surface area contributed by atoms with E-state index in [-0.39, 0.29) is 11.8 Å². The van der Waals surface area contributed by atoms with Gasteiger partial charge in [-0.15, -0.1) is 10.1 Å². The number of rotatable bonds is 5. The number of hydrogen-bond donors (Lipinski definition) is 2. The molecule has 5 nitrogen and oxygen atoms in total. The summed E-state index contributed by atoms with van der Waals surface area (Å²) in [5, 5.41) is 3.46. The summed E-state index contributed by atoms with van der Waals surface area (Å²) in [6.07, 6.45) is 1.90. The molecule has 0 radical (unpaired) electrons. The second-order valence-electron chi connectivity index (χ2n) is 8.65. The summed E-state index contributed by atoms with van der Waals surface area (Å²) in [6, 6.07) is 21.7. The Morgan fingerprint density at radius 2 is 1.64 bits per heavy atom. The molecule has 2 atom stereocenters. The Hall–Kier alpha value is -3.44. The van der Waals surface area contributed by atoms with Gasteiger partial charge < -0.3 is 5.32 Å². The number of carbonyl (C=O) groups is 2. The van der Waals surface area contributed by atoms with Crippen molar-refractivity contribution in [2.24, 2.45) is 0 Å². The molecule has 0 bridgehead atoms. The zero-order valence-corrected chi connectivity index (χ0v) is 19.6. The highest BCUT2D eigenvalue weighted by molar-refractivity contribution is 6.30. The second kappa shape index (κ2) is 9.59. The lowest BCUT2D eigenvalue weighted by molar-refractivity contribution is -0.596. The van der Waals surface area contributed by atoms with Crippen LogP contribution in [0.1, 0.15) is 58.4 Å². The first-order valence-electron chi connectivity index (χ1n) is 11.0. The molecule has 33 heavy (non-hydrogen) atoms. The largest absolute Gasteiger partial charge is 0.334 e. The molecular formula is C27H27ClN3O2+. The van der Waals surface area contributed by atoms with Crippen molar-refractivity contribution in [1.82, 2.24) is 10.7 Å². The van der Waals surface area contributed by atoms with E-state index in [1.165, 1.54) is 5.56 Å². The Kier molecular flexibility index (Phi) is 6.61. The lowest BCUT2D eigenvalue weighted by Gasteiger charge is -2.15.